The van der Waals surface area contributed by atoms with E-state index in [0.29, 0.717) is 13.2 Å². The van der Waals surface area contributed by atoms with Crippen molar-refractivity contribution in [2.75, 3.05) is 6.61 Å². The summed E-state index contributed by atoms with van der Waals surface area (Å²) >= 11 is 0. The van der Waals surface area contributed by atoms with Gasteiger partial charge in [0.25, 0.3) is 0 Å². The van der Waals surface area contributed by atoms with Crippen LogP contribution >= 0.6 is 0 Å². The number of hydrogen-bond donors (Lipinski definition) is 1. The molecule has 0 aliphatic carbocycles. The van der Waals surface area contributed by atoms with Gasteiger partial charge in [-0.25, -0.2) is 0 Å². The van der Waals surface area contributed by atoms with Crippen molar-refractivity contribution in [1.29, 1.82) is 0 Å². The Morgan fingerprint density at radius 1 is 1.64 bits per heavy atom. The van der Waals surface area contributed by atoms with E-state index in [9.17, 15) is 0 Å². The van der Waals surface area contributed by atoms with E-state index in [0.717, 1.165) is 11.3 Å². The number of rotatable bonds is 3. The first-order chi connectivity index (χ1) is 5.38. The molecule has 0 fully saturated rings. The van der Waals surface area contributed by atoms with Gasteiger partial charge in [-0.2, -0.15) is 0 Å². The van der Waals surface area contributed by atoms with Crippen molar-refractivity contribution in [1.82, 2.24) is 4.98 Å². The molecule has 11 heavy (non-hydrogen) atoms. The predicted molar refractivity (Wildman–Crippen MR) is 43.3 cm³/mol. The second kappa shape index (κ2) is 3.93. The lowest BCUT2D eigenvalue weighted by Crippen LogP contribution is -2.02. The van der Waals surface area contributed by atoms with Crippen molar-refractivity contribution >= 4 is 0 Å². The van der Waals surface area contributed by atoms with Gasteiger partial charge in [0.1, 0.15) is 5.75 Å². The minimum absolute atomic E-state index is 0.475. The Bertz CT molecular complexity index is 225. The lowest BCUT2D eigenvalue weighted by molar-refractivity contribution is 0.336. The number of ether oxygens (including phenoxy) is 1. The second-order valence-corrected chi connectivity index (χ2v) is 2.12. The molecule has 2 N–H and O–H groups in total. The first kappa shape index (κ1) is 8.01. The highest BCUT2D eigenvalue weighted by Crippen LogP contribution is 2.14. The second-order valence-electron chi connectivity index (χ2n) is 2.12. The SMILES string of the molecule is CCOc1ccncc1CN. The van der Waals surface area contributed by atoms with Gasteiger partial charge >= 0.3 is 0 Å². The summed E-state index contributed by atoms with van der Waals surface area (Å²) in [7, 11) is 0. The lowest BCUT2D eigenvalue weighted by atomic mass is 10.2. The van der Waals surface area contributed by atoms with Gasteiger partial charge in [0.05, 0.1) is 6.61 Å². The molecule has 0 saturated carbocycles. The van der Waals surface area contributed by atoms with Crippen LogP contribution in [-0.4, -0.2) is 11.6 Å². The average molecular weight is 152 g/mol. The van der Waals surface area contributed by atoms with E-state index in [-0.39, 0.29) is 0 Å². The summed E-state index contributed by atoms with van der Waals surface area (Å²) in [4.78, 5) is 3.94. The van der Waals surface area contributed by atoms with Crippen LogP contribution in [-0.2, 0) is 6.54 Å². The zero-order valence-corrected chi connectivity index (χ0v) is 6.58. The van der Waals surface area contributed by atoms with Crippen molar-refractivity contribution in [3.63, 3.8) is 0 Å². The van der Waals surface area contributed by atoms with Gasteiger partial charge in [-0.05, 0) is 13.0 Å². The molecule has 1 aromatic rings. The van der Waals surface area contributed by atoms with Gasteiger partial charge in [-0.3, -0.25) is 4.98 Å². The Morgan fingerprint density at radius 3 is 3.09 bits per heavy atom. The summed E-state index contributed by atoms with van der Waals surface area (Å²) in [6.07, 6.45) is 3.43. The molecule has 0 aliphatic rings. The third kappa shape index (κ3) is 1.91. The summed E-state index contributed by atoms with van der Waals surface area (Å²) < 4.78 is 5.31. The van der Waals surface area contributed by atoms with Crippen molar-refractivity contribution < 1.29 is 4.74 Å². The fourth-order valence-corrected chi connectivity index (χ4v) is 0.864. The van der Waals surface area contributed by atoms with Crippen LogP contribution in [0.4, 0.5) is 0 Å². The molecule has 3 heteroatoms. The first-order valence-corrected chi connectivity index (χ1v) is 3.64. The van der Waals surface area contributed by atoms with Crippen LogP contribution in [0.2, 0.25) is 0 Å². The Balaban J connectivity index is 2.83. The fraction of sp³-hybridized carbons (Fsp3) is 0.375. The summed E-state index contributed by atoms with van der Waals surface area (Å²) in [5.41, 5.74) is 6.41. The van der Waals surface area contributed by atoms with Gasteiger partial charge in [0.2, 0.25) is 0 Å². The highest BCUT2D eigenvalue weighted by atomic mass is 16.5. The summed E-state index contributed by atoms with van der Waals surface area (Å²) in [5.74, 6) is 0.838. The molecule has 1 heterocycles. The average Bonchev–Trinajstić information content (AvgIpc) is 2.06. The smallest absolute Gasteiger partial charge is 0.126 e. The topological polar surface area (TPSA) is 48.1 Å². The molecular formula is C8H12N2O. The summed E-state index contributed by atoms with van der Waals surface area (Å²) in [6.45, 7) is 3.08. The molecule has 3 nitrogen and oxygen atoms in total. The quantitative estimate of drug-likeness (QED) is 0.701. The molecule has 0 bridgehead atoms. The number of aromatic nitrogens is 1. The van der Waals surface area contributed by atoms with Gasteiger partial charge in [0, 0.05) is 24.5 Å². The Kier molecular flexibility index (Phi) is 2.86. The standard InChI is InChI=1S/C8H12N2O/c1-2-11-8-3-4-10-6-7(8)5-9/h3-4,6H,2,5,9H2,1H3. The lowest BCUT2D eigenvalue weighted by Gasteiger charge is -2.06. The highest BCUT2D eigenvalue weighted by molar-refractivity contribution is 5.29. The maximum atomic E-state index is 5.46. The van der Waals surface area contributed by atoms with Crippen LogP contribution in [0.25, 0.3) is 0 Å². The third-order valence-electron chi connectivity index (χ3n) is 1.38. The molecule has 0 saturated heterocycles. The number of pyridine rings is 1. The van der Waals surface area contributed by atoms with Crippen molar-refractivity contribution in [2.45, 2.75) is 13.5 Å². The predicted octanol–water partition coefficient (Wildman–Crippen LogP) is 0.939. The van der Waals surface area contributed by atoms with Crippen molar-refractivity contribution in [3.8, 4) is 5.75 Å². The Hall–Kier alpha value is -1.09. The maximum absolute atomic E-state index is 5.46. The molecular weight excluding hydrogens is 140 g/mol. The zero-order valence-electron chi connectivity index (χ0n) is 6.58. The monoisotopic (exact) mass is 152 g/mol. The summed E-state index contributed by atoms with van der Waals surface area (Å²) in [5, 5.41) is 0. The van der Waals surface area contributed by atoms with Gasteiger partial charge in [0.15, 0.2) is 0 Å². The van der Waals surface area contributed by atoms with E-state index in [1.807, 2.05) is 13.0 Å². The van der Waals surface area contributed by atoms with E-state index < -0.39 is 0 Å². The van der Waals surface area contributed by atoms with Gasteiger partial charge in [-0.1, -0.05) is 0 Å². The van der Waals surface area contributed by atoms with Gasteiger partial charge in [-0.15, -0.1) is 0 Å². The molecule has 60 valence electrons. The fourth-order valence-electron chi connectivity index (χ4n) is 0.864. The molecule has 0 aromatic carbocycles. The molecule has 1 rings (SSSR count). The number of nitrogens with zero attached hydrogens (tertiary/aromatic N) is 1. The summed E-state index contributed by atoms with van der Waals surface area (Å²) in [6, 6.07) is 1.83. The van der Waals surface area contributed by atoms with Crippen LogP contribution in [0.3, 0.4) is 0 Å². The molecule has 0 amide bonds. The van der Waals surface area contributed by atoms with Crippen LogP contribution in [0, 0.1) is 0 Å². The minimum atomic E-state index is 0.475. The first-order valence-electron chi connectivity index (χ1n) is 3.64. The van der Waals surface area contributed by atoms with E-state index in [1.165, 1.54) is 0 Å². The van der Waals surface area contributed by atoms with Crippen LogP contribution < -0.4 is 10.5 Å². The molecule has 0 aliphatic heterocycles. The molecule has 1 aromatic heterocycles. The molecule has 0 radical (unpaired) electrons. The molecule has 0 unspecified atom stereocenters. The van der Waals surface area contributed by atoms with E-state index in [4.69, 9.17) is 10.5 Å². The van der Waals surface area contributed by atoms with E-state index in [1.54, 1.807) is 12.4 Å². The normalized spacial score (nSPS) is 9.64. The largest absolute Gasteiger partial charge is 0.493 e. The minimum Gasteiger partial charge on any atom is -0.493 e. The van der Waals surface area contributed by atoms with E-state index in [2.05, 4.69) is 4.98 Å². The van der Waals surface area contributed by atoms with Crippen LogP contribution in [0.15, 0.2) is 18.5 Å². The highest BCUT2D eigenvalue weighted by Gasteiger charge is 1.98. The van der Waals surface area contributed by atoms with Crippen molar-refractivity contribution in [2.24, 2.45) is 5.73 Å². The van der Waals surface area contributed by atoms with Crippen molar-refractivity contribution in [3.05, 3.63) is 24.0 Å². The Labute approximate surface area is 66.2 Å². The third-order valence-corrected chi connectivity index (χ3v) is 1.38. The number of nitrogens with two attached hydrogens (primary N) is 1. The molecule has 0 atom stereocenters. The zero-order chi connectivity index (χ0) is 8.10. The number of hydrogen-bond acceptors (Lipinski definition) is 3. The Morgan fingerprint density at radius 2 is 2.45 bits per heavy atom. The molecule has 0 spiro atoms. The van der Waals surface area contributed by atoms with E-state index >= 15 is 0 Å². The van der Waals surface area contributed by atoms with Crippen LogP contribution in [0.5, 0.6) is 5.75 Å². The maximum Gasteiger partial charge on any atom is 0.126 e. The van der Waals surface area contributed by atoms with Crippen LogP contribution in [0.1, 0.15) is 12.5 Å². The van der Waals surface area contributed by atoms with Gasteiger partial charge < -0.3 is 10.5 Å².